The fraction of sp³-hybridized carbons (Fsp3) is 0.0714. The maximum absolute atomic E-state index is 11.2. The lowest BCUT2D eigenvalue weighted by atomic mass is 10.1. The first-order valence-corrected chi connectivity index (χ1v) is 6.64. The summed E-state index contributed by atoms with van der Waals surface area (Å²) in [5.74, 6) is -1.14. The average Bonchev–Trinajstić information content (AvgIpc) is 2.37. The van der Waals surface area contributed by atoms with Gasteiger partial charge in [0.2, 0.25) is 5.75 Å². The number of para-hydroxylation sites is 1. The van der Waals surface area contributed by atoms with Crippen LogP contribution < -0.4 is 4.74 Å². The number of hydrogen-bond donors (Lipinski definition) is 1. The number of nitro benzene ring substituents is 1. The lowest BCUT2D eigenvalue weighted by Gasteiger charge is -2.10. The van der Waals surface area contributed by atoms with E-state index in [1.165, 1.54) is 18.2 Å². The van der Waals surface area contributed by atoms with Gasteiger partial charge >= 0.3 is 11.7 Å². The molecule has 0 spiro atoms. The zero-order chi connectivity index (χ0) is 15.6. The molecular formula is C14H10BrNO5. The van der Waals surface area contributed by atoms with Crippen LogP contribution in [0.2, 0.25) is 0 Å². The fourth-order valence-electron chi connectivity index (χ4n) is 1.82. The minimum atomic E-state index is -1.17. The van der Waals surface area contributed by atoms with E-state index in [0.29, 0.717) is 10.0 Å². The lowest BCUT2D eigenvalue weighted by Crippen LogP contribution is -2.02. The van der Waals surface area contributed by atoms with Gasteiger partial charge in [0.05, 0.1) is 4.92 Å². The Bertz CT molecular complexity index is 729. The van der Waals surface area contributed by atoms with Crippen molar-refractivity contribution in [3.05, 3.63) is 62.1 Å². The van der Waals surface area contributed by atoms with Crippen LogP contribution in [0.4, 0.5) is 5.69 Å². The van der Waals surface area contributed by atoms with Crippen molar-refractivity contribution in [2.75, 3.05) is 0 Å². The van der Waals surface area contributed by atoms with Gasteiger partial charge in [-0.25, -0.2) is 4.79 Å². The lowest BCUT2D eigenvalue weighted by molar-refractivity contribution is -0.386. The summed E-state index contributed by atoms with van der Waals surface area (Å²) in [5, 5.41) is 20.3. The molecule has 0 aromatic heterocycles. The number of carboxylic acids is 1. The summed E-state index contributed by atoms with van der Waals surface area (Å²) in [6.07, 6.45) is 0. The number of hydrogen-bond acceptors (Lipinski definition) is 4. The Hall–Kier alpha value is -2.41. The maximum atomic E-state index is 11.2. The third kappa shape index (κ3) is 3.19. The van der Waals surface area contributed by atoms with Crippen molar-refractivity contribution in [3.63, 3.8) is 0 Å². The van der Waals surface area contributed by atoms with Gasteiger partial charge in [0, 0.05) is 10.0 Å². The number of ether oxygens (including phenoxy) is 1. The van der Waals surface area contributed by atoms with Crippen molar-refractivity contribution < 1.29 is 19.6 Å². The van der Waals surface area contributed by atoms with Crippen LogP contribution in [-0.4, -0.2) is 16.0 Å². The second-order valence-electron chi connectivity index (χ2n) is 4.23. The molecule has 0 radical (unpaired) electrons. The molecule has 0 bridgehead atoms. The monoisotopic (exact) mass is 351 g/mol. The van der Waals surface area contributed by atoms with Crippen LogP contribution in [0.3, 0.4) is 0 Å². The number of carbonyl (C=O) groups is 1. The van der Waals surface area contributed by atoms with E-state index >= 15 is 0 Å². The van der Waals surface area contributed by atoms with Crippen LogP contribution >= 0.6 is 15.9 Å². The van der Waals surface area contributed by atoms with E-state index in [4.69, 9.17) is 9.84 Å². The molecule has 0 saturated carbocycles. The molecule has 1 N–H and O–H groups in total. The van der Waals surface area contributed by atoms with E-state index in [1.807, 2.05) is 0 Å². The maximum Gasteiger partial charge on any atom is 0.339 e. The molecule has 2 aromatic rings. The summed E-state index contributed by atoms with van der Waals surface area (Å²) in [6.45, 7) is 1.59. The molecule has 108 valence electrons. The molecule has 0 fully saturated rings. The zero-order valence-electron chi connectivity index (χ0n) is 10.9. The second-order valence-corrected chi connectivity index (χ2v) is 5.14. The van der Waals surface area contributed by atoms with Crippen molar-refractivity contribution in [3.8, 4) is 11.5 Å². The molecule has 2 aromatic carbocycles. The Morgan fingerprint density at radius 3 is 2.62 bits per heavy atom. The normalized spacial score (nSPS) is 10.2. The average molecular weight is 352 g/mol. The summed E-state index contributed by atoms with van der Waals surface area (Å²) in [7, 11) is 0. The minimum absolute atomic E-state index is 0.000556. The van der Waals surface area contributed by atoms with Gasteiger partial charge in [0.1, 0.15) is 11.3 Å². The van der Waals surface area contributed by atoms with E-state index < -0.39 is 10.9 Å². The molecule has 0 amide bonds. The highest BCUT2D eigenvalue weighted by Gasteiger charge is 2.21. The summed E-state index contributed by atoms with van der Waals surface area (Å²) in [6, 6.07) is 9.00. The Morgan fingerprint density at radius 1 is 1.29 bits per heavy atom. The van der Waals surface area contributed by atoms with E-state index in [0.717, 1.165) is 0 Å². The molecule has 0 aliphatic heterocycles. The molecule has 0 aliphatic rings. The van der Waals surface area contributed by atoms with Gasteiger partial charge in [-0.2, -0.15) is 0 Å². The zero-order valence-corrected chi connectivity index (χ0v) is 12.5. The molecule has 6 nitrogen and oxygen atoms in total. The number of aromatic carboxylic acids is 1. The predicted octanol–water partition coefficient (Wildman–Crippen LogP) is 4.16. The summed E-state index contributed by atoms with van der Waals surface area (Å²) >= 11 is 3.21. The first-order chi connectivity index (χ1) is 9.90. The van der Waals surface area contributed by atoms with Crippen LogP contribution in [-0.2, 0) is 0 Å². The van der Waals surface area contributed by atoms with Gasteiger partial charge < -0.3 is 9.84 Å². The van der Waals surface area contributed by atoms with Crippen molar-refractivity contribution in [2.24, 2.45) is 0 Å². The van der Waals surface area contributed by atoms with Crippen LogP contribution in [0, 0.1) is 17.0 Å². The van der Waals surface area contributed by atoms with Crippen molar-refractivity contribution >= 4 is 27.6 Å². The topological polar surface area (TPSA) is 89.7 Å². The smallest absolute Gasteiger partial charge is 0.339 e. The molecular weight excluding hydrogens is 342 g/mol. The van der Waals surface area contributed by atoms with Gasteiger partial charge in [0.25, 0.3) is 0 Å². The number of rotatable bonds is 4. The third-order valence-corrected chi connectivity index (χ3v) is 3.27. The van der Waals surface area contributed by atoms with Gasteiger partial charge in [-0.3, -0.25) is 10.1 Å². The standard InChI is InChI=1S/C14H10BrNO5/c1-8-3-2-4-11(13(8)16(19)20)21-12-7-9(15)5-6-10(12)14(17)18/h2-7H,1H3,(H,17,18). The Morgan fingerprint density at radius 2 is 2.00 bits per heavy atom. The van der Waals surface area contributed by atoms with E-state index in [9.17, 15) is 14.9 Å². The molecule has 0 saturated heterocycles. The van der Waals surface area contributed by atoms with Crippen LogP contribution in [0.5, 0.6) is 11.5 Å². The van der Waals surface area contributed by atoms with Crippen LogP contribution in [0.25, 0.3) is 0 Å². The third-order valence-electron chi connectivity index (χ3n) is 2.78. The molecule has 0 aliphatic carbocycles. The molecule has 0 heterocycles. The number of nitro groups is 1. The fourth-order valence-corrected chi connectivity index (χ4v) is 2.16. The Labute approximate surface area is 128 Å². The SMILES string of the molecule is Cc1cccc(Oc2cc(Br)ccc2C(=O)O)c1[N+](=O)[O-]. The summed E-state index contributed by atoms with van der Waals surface area (Å²) in [4.78, 5) is 21.7. The molecule has 0 atom stereocenters. The second kappa shape index (κ2) is 5.92. The number of benzene rings is 2. The van der Waals surface area contributed by atoms with E-state index in [2.05, 4.69) is 15.9 Å². The quantitative estimate of drug-likeness (QED) is 0.659. The largest absolute Gasteiger partial charge is 0.478 e. The first-order valence-electron chi connectivity index (χ1n) is 5.85. The number of nitrogens with zero attached hydrogens (tertiary/aromatic N) is 1. The van der Waals surface area contributed by atoms with Gasteiger partial charge in [0.15, 0.2) is 0 Å². The molecule has 2 rings (SSSR count). The van der Waals surface area contributed by atoms with Crippen LogP contribution in [0.15, 0.2) is 40.9 Å². The van der Waals surface area contributed by atoms with Gasteiger partial charge in [-0.1, -0.05) is 28.1 Å². The van der Waals surface area contributed by atoms with Gasteiger partial charge in [-0.15, -0.1) is 0 Å². The Kier molecular flexibility index (Phi) is 4.23. The highest BCUT2D eigenvalue weighted by Crippen LogP contribution is 2.36. The van der Waals surface area contributed by atoms with E-state index in [1.54, 1.807) is 25.1 Å². The van der Waals surface area contributed by atoms with Crippen molar-refractivity contribution in [2.45, 2.75) is 6.92 Å². The number of aryl methyl sites for hydroxylation is 1. The molecule has 21 heavy (non-hydrogen) atoms. The molecule has 0 unspecified atom stereocenters. The summed E-state index contributed by atoms with van der Waals surface area (Å²) in [5.41, 5.74) is 0.173. The van der Waals surface area contributed by atoms with Crippen LogP contribution in [0.1, 0.15) is 15.9 Å². The Balaban J connectivity index is 2.53. The first kappa shape index (κ1) is 15.0. The number of carboxylic acid groups (broad SMARTS) is 1. The highest BCUT2D eigenvalue weighted by molar-refractivity contribution is 9.10. The predicted molar refractivity (Wildman–Crippen MR) is 79.0 cm³/mol. The van der Waals surface area contributed by atoms with Crippen molar-refractivity contribution in [1.82, 2.24) is 0 Å². The van der Waals surface area contributed by atoms with Gasteiger partial charge in [-0.05, 0) is 31.2 Å². The number of halogens is 1. The highest BCUT2D eigenvalue weighted by atomic mass is 79.9. The minimum Gasteiger partial charge on any atom is -0.478 e. The van der Waals surface area contributed by atoms with E-state index in [-0.39, 0.29) is 22.7 Å². The molecule has 7 heteroatoms. The van der Waals surface area contributed by atoms with Crippen molar-refractivity contribution in [1.29, 1.82) is 0 Å². The summed E-state index contributed by atoms with van der Waals surface area (Å²) < 4.78 is 6.08.